The fraction of sp³-hybridized carbons (Fsp3) is 0.429. The molecule has 1 aliphatic heterocycles. The van der Waals surface area contributed by atoms with Crippen molar-refractivity contribution in [1.29, 1.82) is 0 Å². The molecule has 0 unspecified atom stereocenters. The summed E-state index contributed by atoms with van der Waals surface area (Å²) in [5.74, 6) is 0.219. The van der Waals surface area contributed by atoms with Gasteiger partial charge in [0.1, 0.15) is 41.5 Å². The van der Waals surface area contributed by atoms with Crippen molar-refractivity contribution in [3.63, 3.8) is 0 Å². The molecule has 1 aliphatic rings. The molecule has 1 saturated heterocycles. The van der Waals surface area contributed by atoms with Gasteiger partial charge >= 0.3 is 0 Å². The van der Waals surface area contributed by atoms with Crippen LogP contribution in [0.5, 0.6) is 0 Å². The average molecular weight is 347 g/mol. The second-order valence-electron chi connectivity index (χ2n) is 6.15. The summed E-state index contributed by atoms with van der Waals surface area (Å²) >= 11 is 0. The Balaban J connectivity index is 1.93. The first kappa shape index (κ1) is 15.9. The fourth-order valence-corrected chi connectivity index (χ4v) is 3.24. The molecule has 0 saturated carbocycles. The van der Waals surface area contributed by atoms with E-state index in [0.29, 0.717) is 22.5 Å². The van der Waals surface area contributed by atoms with Crippen molar-refractivity contribution in [1.82, 2.24) is 30.0 Å². The molecule has 11 nitrogen and oxygen atoms in total. The van der Waals surface area contributed by atoms with Crippen LogP contribution in [-0.2, 0) is 4.74 Å². The van der Waals surface area contributed by atoms with Gasteiger partial charge in [0.05, 0.1) is 18.5 Å². The summed E-state index contributed by atoms with van der Waals surface area (Å²) in [6, 6.07) is 1.70. The number of aromatic amines is 1. The number of nitrogens with two attached hydrogens (primary N) is 1. The molecule has 4 heterocycles. The van der Waals surface area contributed by atoms with Crippen LogP contribution in [0.2, 0.25) is 0 Å². The van der Waals surface area contributed by atoms with Crippen LogP contribution in [0.3, 0.4) is 0 Å². The van der Waals surface area contributed by atoms with Crippen molar-refractivity contribution < 1.29 is 20.1 Å². The van der Waals surface area contributed by atoms with Gasteiger partial charge in [-0.3, -0.25) is 0 Å². The lowest BCUT2D eigenvalue weighted by atomic mass is 9.91. The van der Waals surface area contributed by atoms with E-state index in [9.17, 15) is 15.3 Å². The molecular formula is C14H17N7O4. The monoisotopic (exact) mass is 347 g/mol. The van der Waals surface area contributed by atoms with E-state index >= 15 is 0 Å². The highest BCUT2D eigenvalue weighted by Crippen LogP contribution is 2.43. The van der Waals surface area contributed by atoms with E-state index in [-0.39, 0.29) is 5.82 Å². The lowest BCUT2D eigenvalue weighted by Gasteiger charge is -2.26. The Hall–Kier alpha value is -2.60. The fourth-order valence-electron chi connectivity index (χ4n) is 3.24. The molecule has 1 fully saturated rings. The summed E-state index contributed by atoms with van der Waals surface area (Å²) in [6.07, 6.45) is -0.322. The number of nitrogens with zero attached hydrogens (tertiary/aromatic N) is 5. The van der Waals surface area contributed by atoms with E-state index in [1.54, 1.807) is 6.07 Å². The van der Waals surface area contributed by atoms with Crippen molar-refractivity contribution in [2.45, 2.75) is 30.8 Å². The van der Waals surface area contributed by atoms with Gasteiger partial charge in [0.2, 0.25) is 0 Å². The standard InChI is InChI=1S/C14H17N7O4/c1-14(24)11(23)9(4-22)25-12(14)8-2-6(7-3-17-20-19-7)10-13(15)16-5-18-21(8)10/h2-3,5,9,11-12,22-24H,4H2,1H3,(H2,15,16,18)(H,17,19,20)/t9-,11-,12+,14-/m1/s1. The van der Waals surface area contributed by atoms with Gasteiger partial charge in [0, 0.05) is 5.56 Å². The number of hydrogen-bond donors (Lipinski definition) is 5. The van der Waals surface area contributed by atoms with Gasteiger partial charge in [-0.1, -0.05) is 0 Å². The number of ether oxygens (including phenoxy) is 1. The molecule has 6 N–H and O–H groups in total. The summed E-state index contributed by atoms with van der Waals surface area (Å²) in [5.41, 5.74) is 6.41. The minimum absolute atomic E-state index is 0.219. The van der Waals surface area contributed by atoms with Crippen LogP contribution in [0.1, 0.15) is 18.7 Å². The lowest BCUT2D eigenvalue weighted by Crippen LogP contribution is -2.43. The number of aliphatic hydroxyl groups is 3. The normalized spacial score (nSPS) is 29.5. The van der Waals surface area contributed by atoms with Gasteiger partial charge in [-0.15, -0.1) is 0 Å². The maximum atomic E-state index is 10.7. The number of aliphatic hydroxyl groups excluding tert-OH is 2. The Labute approximate surface area is 141 Å². The molecule has 0 amide bonds. The Morgan fingerprint density at radius 1 is 1.48 bits per heavy atom. The summed E-state index contributed by atoms with van der Waals surface area (Å²) in [7, 11) is 0. The molecule has 0 aromatic carbocycles. The van der Waals surface area contributed by atoms with Crippen LogP contribution < -0.4 is 5.73 Å². The lowest BCUT2D eigenvalue weighted by molar-refractivity contribution is -0.0664. The number of rotatable bonds is 3. The maximum Gasteiger partial charge on any atom is 0.152 e. The second kappa shape index (κ2) is 5.46. The molecule has 3 aromatic rings. The summed E-state index contributed by atoms with van der Waals surface area (Å²) in [5, 5.41) is 44.9. The van der Waals surface area contributed by atoms with Gasteiger partial charge in [0.25, 0.3) is 0 Å². The van der Waals surface area contributed by atoms with Crippen LogP contribution in [0, 0.1) is 0 Å². The van der Waals surface area contributed by atoms with Crippen LogP contribution in [0.15, 0.2) is 18.6 Å². The minimum atomic E-state index is -1.64. The summed E-state index contributed by atoms with van der Waals surface area (Å²) in [4.78, 5) is 3.99. The predicted octanol–water partition coefficient (Wildman–Crippen LogP) is -1.36. The third-order valence-electron chi connectivity index (χ3n) is 4.54. The highest BCUT2D eigenvalue weighted by Gasteiger charge is 2.53. The van der Waals surface area contributed by atoms with Crippen molar-refractivity contribution in [3.8, 4) is 11.3 Å². The Kier molecular flexibility index (Phi) is 3.47. The SMILES string of the molecule is C[C@@]1(O)[C@H](O)[C@@H](CO)O[C@H]1c1cc(-c2cn[nH]n2)c2c(N)ncnn12. The van der Waals surface area contributed by atoms with E-state index in [2.05, 4.69) is 25.5 Å². The van der Waals surface area contributed by atoms with E-state index in [1.807, 2.05) is 0 Å². The highest BCUT2D eigenvalue weighted by molar-refractivity contribution is 5.86. The Morgan fingerprint density at radius 2 is 2.28 bits per heavy atom. The van der Waals surface area contributed by atoms with Crippen molar-refractivity contribution in [3.05, 3.63) is 24.3 Å². The van der Waals surface area contributed by atoms with E-state index in [0.717, 1.165) is 0 Å². The van der Waals surface area contributed by atoms with Crippen molar-refractivity contribution in [2.75, 3.05) is 12.3 Å². The molecule has 0 bridgehead atoms. The largest absolute Gasteiger partial charge is 0.394 e. The molecular weight excluding hydrogens is 330 g/mol. The first-order valence-corrected chi connectivity index (χ1v) is 7.60. The summed E-state index contributed by atoms with van der Waals surface area (Å²) in [6.45, 7) is 1.02. The number of nitrogens with one attached hydrogen (secondary N) is 1. The molecule has 3 aromatic heterocycles. The van der Waals surface area contributed by atoms with Crippen LogP contribution in [0.25, 0.3) is 16.8 Å². The third-order valence-corrected chi connectivity index (χ3v) is 4.54. The smallest absolute Gasteiger partial charge is 0.152 e. The third kappa shape index (κ3) is 2.21. The zero-order valence-electron chi connectivity index (χ0n) is 13.2. The van der Waals surface area contributed by atoms with E-state index in [1.165, 1.54) is 24.0 Å². The highest BCUT2D eigenvalue weighted by atomic mass is 16.6. The number of fused-ring (bicyclic) bond motifs is 1. The van der Waals surface area contributed by atoms with Crippen LogP contribution in [0.4, 0.5) is 5.82 Å². The molecule has 132 valence electrons. The van der Waals surface area contributed by atoms with Crippen LogP contribution in [-0.4, -0.2) is 69.7 Å². The van der Waals surface area contributed by atoms with Gasteiger partial charge < -0.3 is 25.8 Å². The number of anilines is 1. The van der Waals surface area contributed by atoms with E-state index < -0.39 is 30.5 Å². The zero-order chi connectivity index (χ0) is 17.8. The topological polar surface area (TPSA) is 168 Å². The Bertz CT molecular complexity index is 907. The number of nitrogen functional groups attached to an aromatic ring is 1. The van der Waals surface area contributed by atoms with Gasteiger partial charge in [-0.25, -0.2) is 9.50 Å². The molecule has 0 radical (unpaired) electrons. The molecule has 0 aliphatic carbocycles. The average Bonchev–Trinajstić information content (AvgIpc) is 3.27. The first-order chi connectivity index (χ1) is 11.9. The summed E-state index contributed by atoms with van der Waals surface area (Å²) < 4.78 is 7.17. The minimum Gasteiger partial charge on any atom is -0.394 e. The molecule has 11 heteroatoms. The van der Waals surface area contributed by atoms with Crippen molar-refractivity contribution in [2.24, 2.45) is 0 Å². The second-order valence-corrected chi connectivity index (χ2v) is 6.15. The molecule has 0 spiro atoms. The van der Waals surface area contributed by atoms with E-state index in [4.69, 9.17) is 10.5 Å². The molecule has 4 atom stereocenters. The molecule has 25 heavy (non-hydrogen) atoms. The van der Waals surface area contributed by atoms with Crippen LogP contribution >= 0.6 is 0 Å². The quantitative estimate of drug-likeness (QED) is 0.384. The Morgan fingerprint density at radius 3 is 2.92 bits per heavy atom. The first-order valence-electron chi connectivity index (χ1n) is 7.60. The number of aromatic nitrogens is 6. The number of H-pyrrole nitrogens is 1. The van der Waals surface area contributed by atoms with Gasteiger partial charge in [-0.2, -0.15) is 20.5 Å². The van der Waals surface area contributed by atoms with Crippen molar-refractivity contribution >= 4 is 11.3 Å². The molecule has 4 rings (SSSR count). The van der Waals surface area contributed by atoms with Gasteiger partial charge in [-0.05, 0) is 13.0 Å². The zero-order valence-corrected chi connectivity index (χ0v) is 13.2. The number of hydrogen-bond acceptors (Lipinski definition) is 9. The van der Waals surface area contributed by atoms with Gasteiger partial charge in [0.15, 0.2) is 5.82 Å². The maximum absolute atomic E-state index is 10.7. The predicted molar refractivity (Wildman–Crippen MR) is 84.1 cm³/mol.